The first-order valence-electron chi connectivity index (χ1n) is 8.26. The lowest BCUT2D eigenvalue weighted by Crippen LogP contribution is -2.38. The molecule has 1 aromatic rings. The second-order valence-electron chi connectivity index (χ2n) is 5.13. The summed E-state index contributed by atoms with van der Waals surface area (Å²) in [7, 11) is 1.68. The number of hydrogen-bond acceptors (Lipinski definition) is 5. The predicted octanol–water partition coefficient (Wildman–Crippen LogP) is 1.99. The van der Waals surface area contributed by atoms with Gasteiger partial charge in [0, 0.05) is 50.8 Å². The van der Waals surface area contributed by atoms with E-state index in [0.717, 1.165) is 57.2 Å². The minimum Gasteiger partial charge on any atom is -0.382 e. The van der Waals surface area contributed by atoms with Gasteiger partial charge in [-0.3, -0.25) is 4.99 Å². The number of aryl methyl sites for hydroxylation is 2. The molecule has 0 bridgehead atoms. The SMILES string of the molecule is CCNC(=NCCCc1nc(C)cs1)NCCCOCCOC. The van der Waals surface area contributed by atoms with Gasteiger partial charge >= 0.3 is 0 Å². The molecule has 6 nitrogen and oxygen atoms in total. The van der Waals surface area contributed by atoms with Crippen molar-refractivity contribution in [3.63, 3.8) is 0 Å². The summed E-state index contributed by atoms with van der Waals surface area (Å²) in [5, 5.41) is 9.88. The Bertz CT molecular complexity index is 437. The summed E-state index contributed by atoms with van der Waals surface area (Å²) < 4.78 is 10.4. The summed E-state index contributed by atoms with van der Waals surface area (Å²) in [5.41, 5.74) is 1.11. The lowest BCUT2D eigenvalue weighted by Gasteiger charge is -2.11. The summed E-state index contributed by atoms with van der Waals surface area (Å²) >= 11 is 1.73. The highest BCUT2D eigenvalue weighted by Crippen LogP contribution is 2.10. The van der Waals surface area contributed by atoms with Gasteiger partial charge in [-0.25, -0.2) is 4.98 Å². The van der Waals surface area contributed by atoms with Crippen LogP contribution in [0.5, 0.6) is 0 Å². The van der Waals surface area contributed by atoms with E-state index in [2.05, 4.69) is 32.9 Å². The number of hydrogen-bond donors (Lipinski definition) is 2. The average Bonchev–Trinajstić information content (AvgIpc) is 2.96. The van der Waals surface area contributed by atoms with E-state index in [1.54, 1.807) is 18.4 Å². The quantitative estimate of drug-likeness (QED) is 0.345. The normalized spacial score (nSPS) is 11.7. The Labute approximate surface area is 143 Å². The zero-order chi connectivity index (χ0) is 16.8. The molecular weight excluding hydrogens is 312 g/mol. The molecule has 0 saturated carbocycles. The van der Waals surface area contributed by atoms with Gasteiger partial charge in [-0.2, -0.15) is 0 Å². The number of methoxy groups -OCH3 is 1. The van der Waals surface area contributed by atoms with Crippen LogP contribution in [0.25, 0.3) is 0 Å². The molecule has 0 radical (unpaired) electrons. The van der Waals surface area contributed by atoms with Crippen LogP contribution < -0.4 is 10.6 Å². The minimum atomic E-state index is 0.649. The topological polar surface area (TPSA) is 67.8 Å². The zero-order valence-corrected chi connectivity index (χ0v) is 15.4. The van der Waals surface area contributed by atoms with Gasteiger partial charge < -0.3 is 20.1 Å². The molecule has 1 heterocycles. The van der Waals surface area contributed by atoms with Crippen molar-refractivity contribution < 1.29 is 9.47 Å². The molecular formula is C16H30N4O2S. The maximum Gasteiger partial charge on any atom is 0.191 e. The number of guanidine groups is 1. The third kappa shape index (κ3) is 10.3. The first-order chi connectivity index (χ1) is 11.3. The Morgan fingerprint density at radius 2 is 2.13 bits per heavy atom. The lowest BCUT2D eigenvalue weighted by molar-refractivity contribution is 0.0698. The number of nitrogens with zero attached hydrogens (tertiary/aromatic N) is 2. The van der Waals surface area contributed by atoms with Crippen molar-refractivity contribution in [2.24, 2.45) is 4.99 Å². The van der Waals surface area contributed by atoms with Crippen LogP contribution in [0.4, 0.5) is 0 Å². The van der Waals surface area contributed by atoms with E-state index in [-0.39, 0.29) is 0 Å². The van der Waals surface area contributed by atoms with Crippen LogP contribution in [-0.2, 0) is 15.9 Å². The highest BCUT2D eigenvalue weighted by atomic mass is 32.1. The van der Waals surface area contributed by atoms with Crippen LogP contribution in [0.2, 0.25) is 0 Å². The van der Waals surface area contributed by atoms with Crippen LogP contribution in [0, 0.1) is 6.92 Å². The third-order valence-corrected chi connectivity index (χ3v) is 4.05. The van der Waals surface area contributed by atoms with Crippen molar-refractivity contribution in [3.05, 3.63) is 16.1 Å². The Morgan fingerprint density at radius 3 is 2.83 bits per heavy atom. The van der Waals surface area contributed by atoms with Crippen molar-refractivity contribution in [1.82, 2.24) is 15.6 Å². The van der Waals surface area contributed by atoms with Crippen molar-refractivity contribution in [2.75, 3.05) is 46.6 Å². The van der Waals surface area contributed by atoms with Gasteiger partial charge in [-0.05, 0) is 26.7 Å². The zero-order valence-electron chi connectivity index (χ0n) is 14.6. The molecule has 0 atom stereocenters. The molecule has 0 aliphatic heterocycles. The van der Waals surface area contributed by atoms with Crippen molar-refractivity contribution in [2.45, 2.75) is 33.1 Å². The van der Waals surface area contributed by atoms with Crippen molar-refractivity contribution >= 4 is 17.3 Å². The van der Waals surface area contributed by atoms with E-state index >= 15 is 0 Å². The van der Waals surface area contributed by atoms with Gasteiger partial charge in [0.15, 0.2) is 5.96 Å². The van der Waals surface area contributed by atoms with Gasteiger partial charge in [-0.15, -0.1) is 11.3 Å². The molecule has 0 aliphatic carbocycles. The number of aromatic nitrogens is 1. The highest BCUT2D eigenvalue weighted by Gasteiger charge is 1.99. The van der Waals surface area contributed by atoms with E-state index < -0.39 is 0 Å². The summed E-state index contributed by atoms with van der Waals surface area (Å²) in [6, 6.07) is 0. The molecule has 23 heavy (non-hydrogen) atoms. The summed E-state index contributed by atoms with van der Waals surface area (Å²) in [4.78, 5) is 9.06. The standard InChI is InChI=1S/C16H30N4O2S/c1-4-17-16(19-9-6-10-22-12-11-21-3)18-8-5-7-15-20-14(2)13-23-15/h13H,4-12H2,1-3H3,(H2,17,18,19). The van der Waals surface area contributed by atoms with Crippen molar-refractivity contribution in [3.8, 4) is 0 Å². The van der Waals surface area contributed by atoms with Gasteiger partial charge in [0.1, 0.15) is 0 Å². The number of thiazole rings is 1. The number of rotatable bonds is 12. The molecule has 0 amide bonds. The Hall–Kier alpha value is -1.18. The smallest absolute Gasteiger partial charge is 0.191 e. The predicted molar refractivity (Wildman–Crippen MR) is 96.5 cm³/mol. The fourth-order valence-electron chi connectivity index (χ4n) is 1.91. The number of nitrogens with one attached hydrogen (secondary N) is 2. The summed E-state index contributed by atoms with van der Waals surface area (Å²) in [5.74, 6) is 0.875. The van der Waals surface area contributed by atoms with Crippen molar-refractivity contribution in [1.29, 1.82) is 0 Å². The van der Waals surface area contributed by atoms with Crippen LogP contribution in [0.1, 0.15) is 30.5 Å². The fourth-order valence-corrected chi connectivity index (χ4v) is 2.72. The molecule has 0 spiro atoms. The van der Waals surface area contributed by atoms with Gasteiger partial charge in [0.2, 0.25) is 0 Å². The molecule has 7 heteroatoms. The lowest BCUT2D eigenvalue weighted by atomic mass is 10.3. The second-order valence-corrected chi connectivity index (χ2v) is 6.07. The summed E-state index contributed by atoms with van der Waals surface area (Å²) in [6.45, 7) is 8.66. The van der Waals surface area contributed by atoms with Crippen LogP contribution >= 0.6 is 11.3 Å². The largest absolute Gasteiger partial charge is 0.382 e. The average molecular weight is 343 g/mol. The van der Waals surface area contributed by atoms with Gasteiger partial charge in [-0.1, -0.05) is 0 Å². The van der Waals surface area contributed by atoms with Crippen LogP contribution in [0.3, 0.4) is 0 Å². The first-order valence-corrected chi connectivity index (χ1v) is 9.14. The maximum atomic E-state index is 5.43. The second kappa shape index (κ2) is 13.3. The fraction of sp³-hybridized carbons (Fsp3) is 0.750. The van der Waals surface area contributed by atoms with E-state index in [9.17, 15) is 0 Å². The van der Waals surface area contributed by atoms with Gasteiger partial charge in [0.25, 0.3) is 0 Å². The molecule has 0 aromatic carbocycles. The first kappa shape index (κ1) is 19.9. The molecule has 2 N–H and O–H groups in total. The van der Waals surface area contributed by atoms with Crippen LogP contribution in [0.15, 0.2) is 10.4 Å². The molecule has 0 fully saturated rings. The van der Waals surface area contributed by atoms with E-state index in [1.165, 1.54) is 5.01 Å². The highest BCUT2D eigenvalue weighted by molar-refractivity contribution is 7.09. The summed E-state index contributed by atoms with van der Waals surface area (Å²) in [6.07, 6.45) is 2.96. The Kier molecular flexibility index (Phi) is 11.5. The molecule has 0 aliphatic rings. The van der Waals surface area contributed by atoms with Gasteiger partial charge in [0.05, 0.1) is 18.2 Å². The molecule has 0 saturated heterocycles. The number of ether oxygens (including phenoxy) is 2. The molecule has 1 rings (SSSR count). The third-order valence-electron chi connectivity index (χ3n) is 3.02. The molecule has 132 valence electrons. The maximum absolute atomic E-state index is 5.43. The minimum absolute atomic E-state index is 0.649. The van der Waals surface area contributed by atoms with E-state index in [0.29, 0.717) is 13.2 Å². The van der Waals surface area contributed by atoms with Crippen LogP contribution in [-0.4, -0.2) is 57.5 Å². The molecule has 1 aromatic heterocycles. The number of aliphatic imine (C=N–C) groups is 1. The monoisotopic (exact) mass is 342 g/mol. The molecule has 0 unspecified atom stereocenters. The Balaban J connectivity index is 2.14. The Morgan fingerprint density at radius 1 is 1.26 bits per heavy atom. The van der Waals surface area contributed by atoms with E-state index in [4.69, 9.17) is 9.47 Å². The van der Waals surface area contributed by atoms with E-state index in [1.807, 2.05) is 6.92 Å².